The van der Waals surface area contributed by atoms with Crippen LogP contribution in [0.1, 0.15) is 49.3 Å². The van der Waals surface area contributed by atoms with Gasteiger partial charge in [-0.1, -0.05) is 0 Å². The number of carbonyl (C=O) groups excluding carboxylic acids is 2. The average molecular weight is 433 g/mol. The first-order valence-electron chi connectivity index (χ1n) is 11.0. The van der Waals surface area contributed by atoms with Crippen LogP contribution in [0.15, 0.2) is 11.6 Å². The number of piperidine rings is 1. The summed E-state index contributed by atoms with van der Waals surface area (Å²) in [4.78, 5) is 37.3. The minimum absolute atomic E-state index is 0.0737. The van der Waals surface area contributed by atoms with Crippen molar-refractivity contribution in [1.82, 2.24) is 29.4 Å². The third-order valence-electron chi connectivity index (χ3n) is 5.86. The summed E-state index contributed by atoms with van der Waals surface area (Å²) in [6, 6.07) is 0.171. The summed E-state index contributed by atoms with van der Waals surface area (Å²) in [6.45, 7) is 10.3. The normalized spacial score (nSPS) is 19.0. The van der Waals surface area contributed by atoms with Crippen LogP contribution in [0.4, 0.5) is 0 Å². The predicted molar refractivity (Wildman–Crippen MR) is 118 cm³/mol. The van der Waals surface area contributed by atoms with E-state index in [0.717, 1.165) is 62.8 Å². The standard InChI is InChI=1S/C21H32N6O2S/c1-16(2)22-18(28)15-25-10-8-24(9-11-25)14-17-19(23-21-27(17)12-13-30-21)20(29)26-6-4-3-5-7-26/h12-13,16H,3-11,14-15H2,1-2H3,(H,22,28). The van der Waals surface area contributed by atoms with Crippen molar-refractivity contribution in [1.29, 1.82) is 0 Å². The summed E-state index contributed by atoms with van der Waals surface area (Å²) < 4.78 is 2.07. The first kappa shape index (κ1) is 21.3. The second-order valence-corrected chi connectivity index (χ2v) is 9.46. The molecule has 2 aromatic heterocycles. The van der Waals surface area contributed by atoms with E-state index in [2.05, 4.69) is 19.5 Å². The van der Waals surface area contributed by atoms with E-state index in [4.69, 9.17) is 4.98 Å². The molecule has 0 saturated carbocycles. The van der Waals surface area contributed by atoms with E-state index in [1.54, 1.807) is 11.3 Å². The van der Waals surface area contributed by atoms with Crippen LogP contribution in [0, 0.1) is 0 Å². The molecule has 0 atom stereocenters. The van der Waals surface area contributed by atoms with Crippen LogP contribution in [-0.4, -0.2) is 87.8 Å². The van der Waals surface area contributed by atoms with Gasteiger partial charge in [0.2, 0.25) is 5.91 Å². The van der Waals surface area contributed by atoms with E-state index in [1.807, 2.05) is 30.3 Å². The quantitative estimate of drug-likeness (QED) is 0.752. The third-order valence-corrected chi connectivity index (χ3v) is 6.62. The van der Waals surface area contributed by atoms with Crippen molar-refractivity contribution >= 4 is 28.1 Å². The summed E-state index contributed by atoms with van der Waals surface area (Å²) >= 11 is 1.57. The molecule has 9 heteroatoms. The number of rotatable bonds is 6. The largest absolute Gasteiger partial charge is 0.353 e. The van der Waals surface area contributed by atoms with Crippen molar-refractivity contribution in [3.8, 4) is 0 Å². The third kappa shape index (κ3) is 4.84. The lowest BCUT2D eigenvalue weighted by molar-refractivity contribution is -0.123. The molecule has 0 bridgehead atoms. The molecule has 2 aliphatic heterocycles. The molecule has 0 aliphatic carbocycles. The number of hydrogen-bond acceptors (Lipinski definition) is 6. The number of hydrogen-bond donors (Lipinski definition) is 1. The molecule has 30 heavy (non-hydrogen) atoms. The lowest BCUT2D eigenvalue weighted by atomic mass is 10.1. The van der Waals surface area contributed by atoms with Gasteiger partial charge in [0.25, 0.3) is 5.91 Å². The number of piperazine rings is 1. The summed E-state index contributed by atoms with van der Waals surface area (Å²) in [7, 11) is 0. The molecule has 1 N–H and O–H groups in total. The zero-order chi connectivity index (χ0) is 21.1. The number of imidazole rings is 1. The molecule has 2 fully saturated rings. The molecule has 4 heterocycles. The van der Waals surface area contributed by atoms with E-state index in [-0.39, 0.29) is 17.9 Å². The molecule has 2 aliphatic rings. The highest BCUT2D eigenvalue weighted by atomic mass is 32.1. The van der Waals surface area contributed by atoms with Crippen LogP contribution in [0.25, 0.3) is 4.96 Å². The molecule has 2 saturated heterocycles. The second kappa shape index (κ2) is 9.45. The second-order valence-electron chi connectivity index (χ2n) is 8.59. The fourth-order valence-corrected chi connectivity index (χ4v) is 5.02. The SMILES string of the molecule is CC(C)NC(=O)CN1CCN(Cc2c(C(=O)N3CCCCC3)nc3sccn23)CC1. The van der Waals surface area contributed by atoms with Gasteiger partial charge in [-0.05, 0) is 33.1 Å². The van der Waals surface area contributed by atoms with Crippen molar-refractivity contribution in [3.05, 3.63) is 23.0 Å². The van der Waals surface area contributed by atoms with Crippen LogP contribution >= 0.6 is 11.3 Å². The van der Waals surface area contributed by atoms with Gasteiger partial charge >= 0.3 is 0 Å². The van der Waals surface area contributed by atoms with E-state index in [1.165, 1.54) is 6.42 Å². The maximum Gasteiger partial charge on any atom is 0.274 e. The van der Waals surface area contributed by atoms with E-state index < -0.39 is 0 Å². The highest BCUT2D eigenvalue weighted by Crippen LogP contribution is 2.22. The van der Waals surface area contributed by atoms with Gasteiger partial charge < -0.3 is 10.2 Å². The topological polar surface area (TPSA) is 73.2 Å². The Bertz CT molecular complexity index is 877. The van der Waals surface area contributed by atoms with Crippen molar-refractivity contribution in [2.24, 2.45) is 0 Å². The van der Waals surface area contributed by atoms with Crippen LogP contribution in [0.5, 0.6) is 0 Å². The molecular formula is C21H32N6O2S. The molecular weight excluding hydrogens is 400 g/mol. The molecule has 0 aromatic carbocycles. The zero-order valence-electron chi connectivity index (χ0n) is 18.0. The Labute approximate surface area is 181 Å². The molecule has 2 aromatic rings. The van der Waals surface area contributed by atoms with Gasteiger partial charge in [0, 0.05) is 63.4 Å². The smallest absolute Gasteiger partial charge is 0.274 e. The maximum atomic E-state index is 13.2. The van der Waals surface area contributed by atoms with Gasteiger partial charge in [0.05, 0.1) is 12.2 Å². The maximum absolute atomic E-state index is 13.2. The minimum atomic E-state index is 0.0737. The van der Waals surface area contributed by atoms with Gasteiger partial charge in [0.15, 0.2) is 10.7 Å². The summed E-state index contributed by atoms with van der Waals surface area (Å²) in [5, 5.41) is 4.98. The molecule has 4 rings (SSSR count). The predicted octanol–water partition coefficient (Wildman–Crippen LogP) is 1.66. The number of thiazole rings is 1. The molecule has 2 amide bonds. The molecule has 8 nitrogen and oxygen atoms in total. The van der Waals surface area contributed by atoms with Crippen molar-refractivity contribution in [2.75, 3.05) is 45.8 Å². The Morgan fingerprint density at radius 3 is 2.47 bits per heavy atom. The number of amides is 2. The van der Waals surface area contributed by atoms with E-state index in [0.29, 0.717) is 18.8 Å². The zero-order valence-corrected chi connectivity index (χ0v) is 18.8. The van der Waals surface area contributed by atoms with Crippen LogP contribution in [-0.2, 0) is 11.3 Å². The van der Waals surface area contributed by atoms with Crippen molar-refractivity contribution in [2.45, 2.75) is 45.7 Å². The Morgan fingerprint density at radius 2 is 1.77 bits per heavy atom. The first-order valence-corrected chi connectivity index (χ1v) is 11.9. The Kier molecular flexibility index (Phi) is 6.70. The van der Waals surface area contributed by atoms with Crippen LogP contribution in [0.3, 0.4) is 0 Å². The number of nitrogens with zero attached hydrogens (tertiary/aromatic N) is 5. The van der Waals surface area contributed by atoms with Gasteiger partial charge in [-0.15, -0.1) is 11.3 Å². The first-order chi connectivity index (χ1) is 14.5. The molecule has 0 unspecified atom stereocenters. The number of fused-ring (bicyclic) bond motifs is 1. The molecule has 0 spiro atoms. The summed E-state index contributed by atoms with van der Waals surface area (Å²) in [5.41, 5.74) is 1.61. The fraction of sp³-hybridized carbons (Fsp3) is 0.667. The summed E-state index contributed by atoms with van der Waals surface area (Å²) in [6.07, 6.45) is 5.38. The van der Waals surface area contributed by atoms with E-state index >= 15 is 0 Å². The number of likely N-dealkylation sites (tertiary alicyclic amines) is 1. The Hall–Kier alpha value is -1.97. The van der Waals surface area contributed by atoms with Crippen molar-refractivity contribution in [3.63, 3.8) is 0 Å². The van der Waals surface area contributed by atoms with Crippen LogP contribution < -0.4 is 5.32 Å². The number of nitrogens with one attached hydrogen (secondary N) is 1. The molecule has 0 radical (unpaired) electrons. The van der Waals surface area contributed by atoms with E-state index in [9.17, 15) is 9.59 Å². The highest BCUT2D eigenvalue weighted by molar-refractivity contribution is 7.15. The van der Waals surface area contributed by atoms with Crippen LogP contribution in [0.2, 0.25) is 0 Å². The number of aromatic nitrogens is 2. The van der Waals surface area contributed by atoms with Gasteiger partial charge in [-0.3, -0.25) is 23.8 Å². The average Bonchev–Trinajstić information content (AvgIpc) is 3.31. The van der Waals surface area contributed by atoms with Gasteiger partial charge in [-0.2, -0.15) is 0 Å². The van der Waals surface area contributed by atoms with Gasteiger partial charge in [-0.25, -0.2) is 4.98 Å². The number of carbonyl (C=O) groups is 2. The minimum Gasteiger partial charge on any atom is -0.353 e. The monoisotopic (exact) mass is 432 g/mol. The lowest BCUT2D eigenvalue weighted by Gasteiger charge is -2.34. The Morgan fingerprint density at radius 1 is 1.07 bits per heavy atom. The fourth-order valence-electron chi connectivity index (χ4n) is 4.29. The summed E-state index contributed by atoms with van der Waals surface area (Å²) in [5.74, 6) is 0.160. The lowest BCUT2D eigenvalue weighted by Crippen LogP contribution is -2.50. The van der Waals surface area contributed by atoms with Gasteiger partial charge in [0.1, 0.15) is 0 Å². The Balaban J connectivity index is 1.41. The van der Waals surface area contributed by atoms with Crippen molar-refractivity contribution < 1.29 is 9.59 Å². The molecule has 164 valence electrons. The highest BCUT2D eigenvalue weighted by Gasteiger charge is 2.28.